The van der Waals surface area contributed by atoms with Gasteiger partial charge in [0.25, 0.3) is 5.91 Å². The molecule has 1 aliphatic rings. The summed E-state index contributed by atoms with van der Waals surface area (Å²) in [6.07, 6.45) is 1.30. The molecule has 0 aliphatic carbocycles. The first-order valence-electron chi connectivity index (χ1n) is 7.83. The molecule has 0 atom stereocenters. The highest BCUT2D eigenvalue weighted by molar-refractivity contribution is 5.94. The van der Waals surface area contributed by atoms with Crippen LogP contribution in [0.5, 0.6) is 5.75 Å². The van der Waals surface area contributed by atoms with Crippen LogP contribution in [0, 0.1) is 0 Å². The Kier molecular flexibility index (Phi) is 6.68. The molecule has 1 aromatic carbocycles. The Hall–Kier alpha value is -2.28. The lowest BCUT2D eigenvalue weighted by molar-refractivity contribution is 0.0719. The SMILES string of the molecule is NCCCOc1ccc(C(=O)NCCN2CCCOC2=O)cc1. The number of ether oxygens (including phenoxy) is 2. The smallest absolute Gasteiger partial charge is 0.409 e. The molecule has 0 radical (unpaired) electrons. The van der Waals surface area contributed by atoms with Gasteiger partial charge in [0, 0.05) is 25.2 Å². The highest BCUT2D eigenvalue weighted by Crippen LogP contribution is 2.12. The first-order chi connectivity index (χ1) is 11.2. The van der Waals surface area contributed by atoms with Crippen molar-refractivity contribution in [3.8, 4) is 5.75 Å². The van der Waals surface area contributed by atoms with E-state index >= 15 is 0 Å². The quantitative estimate of drug-likeness (QED) is 0.696. The Morgan fingerprint density at radius 1 is 1.35 bits per heavy atom. The third-order valence-corrected chi connectivity index (χ3v) is 3.46. The van der Waals surface area contributed by atoms with Gasteiger partial charge in [0.1, 0.15) is 5.75 Å². The van der Waals surface area contributed by atoms with Gasteiger partial charge in [0.2, 0.25) is 0 Å². The molecule has 0 bridgehead atoms. The number of hydrogen-bond donors (Lipinski definition) is 2. The van der Waals surface area contributed by atoms with Gasteiger partial charge in [-0.1, -0.05) is 0 Å². The van der Waals surface area contributed by atoms with Crippen molar-refractivity contribution in [3.05, 3.63) is 29.8 Å². The predicted octanol–water partition coefficient (Wildman–Crippen LogP) is 0.986. The van der Waals surface area contributed by atoms with Crippen LogP contribution in [0.15, 0.2) is 24.3 Å². The van der Waals surface area contributed by atoms with E-state index in [0.29, 0.717) is 50.7 Å². The van der Waals surface area contributed by atoms with Crippen molar-refractivity contribution in [2.45, 2.75) is 12.8 Å². The van der Waals surface area contributed by atoms with E-state index < -0.39 is 0 Å². The molecular weight excluding hydrogens is 298 g/mol. The summed E-state index contributed by atoms with van der Waals surface area (Å²) >= 11 is 0. The van der Waals surface area contributed by atoms with Crippen molar-refractivity contribution in [2.24, 2.45) is 5.73 Å². The van der Waals surface area contributed by atoms with Crippen LogP contribution >= 0.6 is 0 Å². The maximum Gasteiger partial charge on any atom is 0.409 e. The van der Waals surface area contributed by atoms with E-state index in [1.54, 1.807) is 29.2 Å². The van der Waals surface area contributed by atoms with Crippen LogP contribution in [0.4, 0.5) is 4.79 Å². The van der Waals surface area contributed by atoms with E-state index in [2.05, 4.69) is 5.32 Å². The molecule has 2 rings (SSSR count). The zero-order chi connectivity index (χ0) is 16.5. The number of carbonyl (C=O) groups is 2. The molecule has 2 amide bonds. The second-order valence-electron chi connectivity index (χ2n) is 5.23. The summed E-state index contributed by atoms with van der Waals surface area (Å²) in [7, 11) is 0. The lowest BCUT2D eigenvalue weighted by Crippen LogP contribution is -2.42. The Balaban J connectivity index is 1.73. The maximum absolute atomic E-state index is 12.0. The monoisotopic (exact) mass is 321 g/mol. The highest BCUT2D eigenvalue weighted by Gasteiger charge is 2.19. The molecule has 23 heavy (non-hydrogen) atoms. The average Bonchev–Trinajstić information content (AvgIpc) is 2.57. The van der Waals surface area contributed by atoms with Gasteiger partial charge < -0.3 is 25.4 Å². The number of hydrogen-bond acceptors (Lipinski definition) is 5. The number of nitrogens with zero attached hydrogens (tertiary/aromatic N) is 1. The first-order valence-corrected chi connectivity index (χ1v) is 7.83. The maximum atomic E-state index is 12.0. The van der Waals surface area contributed by atoms with E-state index in [0.717, 1.165) is 12.8 Å². The second-order valence-corrected chi connectivity index (χ2v) is 5.23. The van der Waals surface area contributed by atoms with Crippen molar-refractivity contribution in [1.82, 2.24) is 10.2 Å². The van der Waals surface area contributed by atoms with Gasteiger partial charge in [-0.05, 0) is 43.7 Å². The molecule has 1 fully saturated rings. The van der Waals surface area contributed by atoms with Crippen molar-refractivity contribution >= 4 is 12.0 Å². The van der Waals surface area contributed by atoms with E-state index in [1.165, 1.54) is 0 Å². The molecule has 1 heterocycles. The van der Waals surface area contributed by atoms with Crippen LogP contribution in [-0.4, -0.2) is 56.3 Å². The lowest BCUT2D eigenvalue weighted by atomic mass is 10.2. The van der Waals surface area contributed by atoms with Crippen molar-refractivity contribution < 1.29 is 19.1 Å². The summed E-state index contributed by atoms with van der Waals surface area (Å²) in [5.41, 5.74) is 5.95. The predicted molar refractivity (Wildman–Crippen MR) is 85.5 cm³/mol. The number of cyclic esters (lactones) is 1. The van der Waals surface area contributed by atoms with Gasteiger partial charge >= 0.3 is 6.09 Å². The minimum Gasteiger partial charge on any atom is -0.494 e. The van der Waals surface area contributed by atoms with Crippen LogP contribution in [0.25, 0.3) is 0 Å². The van der Waals surface area contributed by atoms with Crippen LogP contribution in [-0.2, 0) is 4.74 Å². The molecule has 1 aliphatic heterocycles. The molecule has 7 nitrogen and oxygen atoms in total. The Bertz CT molecular complexity index is 519. The van der Waals surface area contributed by atoms with Gasteiger partial charge in [-0.3, -0.25) is 4.79 Å². The largest absolute Gasteiger partial charge is 0.494 e. The van der Waals surface area contributed by atoms with E-state index in [9.17, 15) is 9.59 Å². The molecule has 126 valence electrons. The first kappa shape index (κ1) is 17.1. The average molecular weight is 321 g/mol. The van der Waals surface area contributed by atoms with Crippen LogP contribution in [0.1, 0.15) is 23.2 Å². The molecule has 1 saturated heterocycles. The summed E-state index contributed by atoms with van der Waals surface area (Å²) in [5, 5.41) is 2.79. The molecule has 0 spiro atoms. The standard InChI is InChI=1S/C16H23N3O4/c17-7-1-11-22-14-5-3-13(4-6-14)15(20)18-8-10-19-9-2-12-23-16(19)21/h3-6H,1-2,7-12,17H2,(H,18,20). The van der Waals surface area contributed by atoms with Gasteiger partial charge in [0.15, 0.2) is 0 Å². The minimum atomic E-state index is -0.315. The van der Waals surface area contributed by atoms with Gasteiger partial charge in [-0.2, -0.15) is 0 Å². The summed E-state index contributed by atoms with van der Waals surface area (Å²) in [5.74, 6) is 0.537. The number of amides is 2. The molecule has 3 N–H and O–H groups in total. The normalized spacial score (nSPS) is 14.3. The molecular formula is C16H23N3O4. The second kappa shape index (κ2) is 8.99. The number of carbonyl (C=O) groups excluding carboxylic acids is 2. The molecule has 0 unspecified atom stereocenters. The topological polar surface area (TPSA) is 93.9 Å². The van der Waals surface area contributed by atoms with Gasteiger partial charge in [-0.25, -0.2) is 4.79 Å². The van der Waals surface area contributed by atoms with E-state index in [-0.39, 0.29) is 12.0 Å². The Labute approximate surface area is 135 Å². The summed E-state index contributed by atoms with van der Waals surface area (Å²) in [4.78, 5) is 25.1. The fraction of sp³-hybridized carbons (Fsp3) is 0.500. The lowest BCUT2D eigenvalue weighted by Gasteiger charge is -2.26. The van der Waals surface area contributed by atoms with E-state index in [1.807, 2.05) is 0 Å². The third-order valence-electron chi connectivity index (χ3n) is 3.46. The Morgan fingerprint density at radius 2 is 2.13 bits per heavy atom. The Morgan fingerprint density at radius 3 is 2.83 bits per heavy atom. The zero-order valence-electron chi connectivity index (χ0n) is 13.1. The summed E-state index contributed by atoms with van der Waals surface area (Å²) in [6, 6.07) is 6.94. The molecule has 0 saturated carbocycles. The van der Waals surface area contributed by atoms with E-state index in [4.69, 9.17) is 15.2 Å². The van der Waals surface area contributed by atoms with Gasteiger partial charge in [-0.15, -0.1) is 0 Å². The van der Waals surface area contributed by atoms with Gasteiger partial charge in [0.05, 0.1) is 13.2 Å². The number of nitrogens with two attached hydrogens (primary N) is 1. The van der Waals surface area contributed by atoms with Crippen LogP contribution in [0.2, 0.25) is 0 Å². The number of benzene rings is 1. The fourth-order valence-electron chi connectivity index (χ4n) is 2.18. The minimum absolute atomic E-state index is 0.177. The van der Waals surface area contributed by atoms with Crippen molar-refractivity contribution in [2.75, 3.05) is 39.4 Å². The molecule has 7 heteroatoms. The molecule has 0 aromatic heterocycles. The summed E-state index contributed by atoms with van der Waals surface area (Å²) < 4.78 is 10.4. The fourth-order valence-corrected chi connectivity index (χ4v) is 2.18. The summed E-state index contributed by atoms with van der Waals surface area (Å²) in [6.45, 7) is 3.14. The number of nitrogens with one attached hydrogen (secondary N) is 1. The zero-order valence-corrected chi connectivity index (χ0v) is 13.1. The van der Waals surface area contributed by atoms with Crippen molar-refractivity contribution in [1.29, 1.82) is 0 Å². The van der Waals surface area contributed by atoms with Crippen LogP contribution in [0.3, 0.4) is 0 Å². The highest BCUT2D eigenvalue weighted by atomic mass is 16.6. The number of rotatable bonds is 8. The molecule has 1 aromatic rings. The third kappa shape index (κ3) is 5.45. The van der Waals surface area contributed by atoms with Crippen molar-refractivity contribution in [3.63, 3.8) is 0 Å². The van der Waals surface area contributed by atoms with Crippen LogP contribution < -0.4 is 15.8 Å².